The lowest BCUT2D eigenvalue weighted by Gasteiger charge is -2.25. The fourth-order valence-corrected chi connectivity index (χ4v) is 1.57. The monoisotopic (exact) mass is 177 g/mol. The van der Waals surface area contributed by atoms with E-state index in [2.05, 4.69) is 0 Å². The molecule has 2 nitrogen and oxygen atoms in total. The van der Waals surface area contributed by atoms with Gasteiger partial charge in [-0.3, -0.25) is 4.79 Å². The molecule has 0 radical (unpaired) electrons. The van der Waals surface area contributed by atoms with Crippen molar-refractivity contribution in [3.05, 3.63) is 0 Å². The first-order valence-corrected chi connectivity index (χ1v) is 4.27. The molecule has 0 aliphatic carbocycles. The van der Waals surface area contributed by atoms with Gasteiger partial charge >= 0.3 is 6.04 Å². The standard InChI is InChI=1S/C8H13F2NO/c9-8(12)4-3-7-2-1-5-11(10)6-7/h7H,1-6H2. The van der Waals surface area contributed by atoms with Gasteiger partial charge in [0.25, 0.3) is 0 Å². The summed E-state index contributed by atoms with van der Waals surface area (Å²) in [4.78, 5) is 9.99. The van der Waals surface area contributed by atoms with Gasteiger partial charge in [-0.2, -0.15) is 4.39 Å². The van der Waals surface area contributed by atoms with Crippen LogP contribution in [0.25, 0.3) is 0 Å². The van der Waals surface area contributed by atoms with Crippen molar-refractivity contribution in [2.45, 2.75) is 25.7 Å². The summed E-state index contributed by atoms with van der Waals surface area (Å²) >= 11 is 0. The molecule has 12 heavy (non-hydrogen) atoms. The predicted molar refractivity (Wildman–Crippen MR) is 40.8 cm³/mol. The van der Waals surface area contributed by atoms with Crippen molar-refractivity contribution in [1.29, 1.82) is 0 Å². The average molecular weight is 177 g/mol. The number of carbonyl (C=O) groups excluding carboxylic acids is 1. The van der Waals surface area contributed by atoms with Gasteiger partial charge in [-0.1, -0.05) is 0 Å². The third-order valence-corrected chi connectivity index (χ3v) is 2.22. The predicted octanol–water partition coefficient (Wildman–Crippen LogP) is 1.86. The van der Waals surface area contributed by atoms with Gasteiger partial charge in [0.15, 0.2) is 0 Å². The normalized spacial score (nSPS) is 25.7. The fraction of sp³-hybridized carbons (Fsp3) is 0.875. The maximum absolute atomic E-state index is 12.6. The van der Waals surface area contributed by atoms with Crippen molar-refractivity contribution in [1.82, 2.24) is 5.12 Å². The number of piperidine rings is 1. The van der Waals surface area contributed by atoms with Crippen LogP contribution in [0.1, 0.15) is 25.7 Å². The minimum Gasteiger partial charge on any atom is -0.261 e. The second kappa shape index (κ2) is 4.50. The molecule has 0 aromatic carbocycles. The Morgan fingerprint density at radius 3 is 2.92 bits per heavy atom. The van der Waals surface area contributed by atoms with Gasteiger partial charge in [-0.25, -0.2) is 0 Å². The number of hydrogen-bond donors (Lipinski definition) is 0. The van der Waals surface area contributed by atoms with E-state index in [9.17, 15) is 13.7 Å². The highest BCUT2D eigenvalue weighted by Gasteiger charge is 2.19. The van der Waals surface area contributed by atoms with E-state index in [1.54, 1.807) is 0 Å². The Hall–Kier alpha value is -0.510. The molecule has 0 spiro atoms. The van der Waals surface area contributed by atoms with E-state index in [0.717, 1.165) is 18.0 Å². The fourth-order valence-electron chi connectivity index (χ4n) is 1.57. The van der Waals surface area contributed by atoms with Crippen LogP contribution in [0.15, 0.2) is 0 Å². The van der Waals surface area contributed by atoms with Crippen molar-refractivity contribution in [2.75, 3.05) is 13.1 Å². The van der Waals surface area contributed by atoms with E-state index in [4.69, 9.17) is 0 Å². The molecule has 1 aliphatic heterocycles. The molecule has 1 aliphatic rings. The third kappa shape index (κ3) is 3.26. The highest BCUT2D eigenvalue weighted by Crippen LogP contribution is 2.21. The number of hydrogen-bond acceptors (Lipinski definition) is 2. The van der Waals surface area contributed by atoms with Gasteiger partial charge in [0, 0.05) is 19.5 Å². The first-order chi connectivity index (χ1) is 5.68. The summed E-state index contributed by atoms with van der Waals surface area (Å²) in [6, 6.07) is -1.29. The Labute approximate surface area is 70.5 Å². The zero-order valence-corrected chi connectivity index (χ0v) is 6.93. The lowest BCUT2D eigenvalue weighted by Crippen LogP contribution is -2.29. The molecule has 1 rings (SSSR count). The number of nitrogens with zero attached hydrogens (tertiary/aromatic N) is 1. The average Bonchev–Trinajstić information content (AvgIpc) is 2.01. The summed E-state index contributed by atoms with van der Waals surface area (Å²) < 4.78 is 24.4. The zero-order valence-electron chi connectivity index (χ0n) is 6.93. The van der Waals surface area contributed by atoms with Gasteiger partial charge in [-0.05, 0) is 25.2 Å². The van der Waals surface area contributed by atoms with Crippen LogP contribution in [-0.2, 0) is 4.79 Å². The summed E-state index contributed by atoms with van der Waals surface area (Å²) in [6.07, 6.45) is 2.14. The molecule has 1 saturated heterocycles. The quantitative estimate of drug-likeness (QED) is 0.484. The third-order valence-electron chi connectivity index (χ3n) is 2.22. The van der Waals surface area contributed by atoms with Crippen LogP contribution in [0.5, 0.6) is 0 Å². The Kier molecular flexibility index (Phi) is 3.59. The summed E-state index contributed by atoms with van der Waals surface area (Å²) in [6.45, 7) is 0.827. The Morgan fingerprint density at radius 1 is 1.58 bits per heavy atom. The van der Waals surface area contributed by atoms with Crippen molar-refractivity contribution in [2.24, 2.45) is 5.92 Å². The van der Waals surface area contributed by atoms with E-state index in [-0.39, 0.29) is 12.3 Å². The zero-order chi connectivity index (χ0) is 8.97. The van der Waals surface area contributed by atoms with Gasteiger partial charge in [0.1, 0.15) is 0 Å². The molecule has 4 heteroatoms. The first-order valence-electron chi connectivity index (χ1n) is 4.27. The molecule has 0 aromatic heterocycles. The summed E-state index contributed by atoms with van der Waals surface area (Å²) in [5.41, 5.74) is 0. The second-order valence-electron chi connectivity index (χ2n) is 3.27. The first kappa shape index (κ1) is 9.58. The maximum Gasteiger partial charge on any atom is 0.301 e. The Balaban J connectivity index is 2.18. The summed E-state index contributed by atoms with van der Waals surface area (Å²) in [5, 5.41) is 0.747. The lowest BCUT2D eigenvalue weighted by molar-refractivity contribution is -0.129. The van der Waals surface area contributed by atoms with Crippen molar-refractivity contribution >= 4 is 6.04 Å². The summed E-state index contributed by atoms with van der Waals surface area (Å²) in [7, 11) is 0. The van der Waals surface area contributed by atoms with E-state index in [1.165, 1.54) is 0 Å². The highest BCUT2D eigenvalue weighted by molar-refractivity contribution is 5.67. The number of rotatable bonds is 3. The van der Waals surface area contributed by atoms with Crippen LogP contribution < -0.4 is 0 Å². The van der Waals surface area contributed by atoms with E-state index in [0.29, 0.717) is 19.5 Å². The van der Waals surface area contributed by atoms with Gasteiger partial charge in [0.2, 0.25) is 0 Å². The van der Waals surface area contributed by atoms with E-state index < -0.39 is 6.04 Å². The second-order valence-corrected chi connectivity index (χ2v) is 3.27. The molecular weight excluding hydrogens is 164 g/mol. The van der Waals surface area contributed by atoms with Crippen LogP contribution in [0, 0.1) is 5.92 Å². The SMILES string of the molecule is O=C(F)CCC1CCCN(F)C1. The smallest absolute Gasteiger partial charge is 0.261 e. The maximum atomic E-state index is 12.6. The van der Waals surface area contributed by atoms with Crippen LogP contribution in [0.3, 0.4) is 0 Å². The number of halogens is 2. The molecular formula is C8H13F2NO. The molecule has 70 valence electrons. The van der Waals surface area contributed by atoms with Crippen LogP contribution in [-0.4, -0.2) is 24.2 Å². The highest BCUT2D eigenvalue weighted by atomic mass is 19.2. The van der Waals surface area contributed by atoms with Crippen molar-refractivity contribution in [3.63, 3.8) is 0 Å². The largest absolute Gasteiger partial charge is 0.301 e. The van der Waals surface area contributed by atoms with Crippen LogP contribution >= 0.6 is 0 Å². The minimum absolute atomic E-state index is 0.0570. The lowest BCUT2D eigenvalue weighted by atomic mass is 9.95. The van der Waals surface area contributed by atoms with Gasteiger partial charge in [-0.15, -0.1) is 9.60 Å². The minimum atomic E-state index is -1.29. The van der Waals surface area contributed by atoms with Gasteiger partial charge < -0.3 is 0 Å². The molecule has 1 unspecified atom stereocenters. The van der Waals surface area contributed by atoms with Gasteiger partial charge in [0.05, 0.1) is 0 Å². The van der Waals surface area contributed by atoms with E-state index >= 15 is 0 Å². The van der Waals surface area contributed by atoms with Crippen LogP contribution in [0.2, 0.25) is 0 Å². The Morgan fingerprint density at radius 2 is 2.33 bits per heavy atom. The van der Waals surface area contributed by atoms with Crippen LogP contribution in [0.4, 0.5) is 8.87 Å². The Bertz CT molecular complexity index is 163. The summed E-state index contributed by atoms with van der Waals surface area (Å²) in [5.74, 6) is 0.156. The molecule has 0 bridgehead atoms. The molecule has 1 fully saturated rings. The van der Waals surface area contributed by atoms with Crippen molar-refractivity contribution in [3.8, 4) is 0 Å². The molecule has 1 atom stereocenters. The molecule has 0 amide bonds. The molecule has 1 heterocycles. The van der Waals surface area contributed by atoms with E-state index in [1.807, 2.05) is 0 Å². The molecule has 0 N–H and O–H groups in total. The topological polar surface area (TPSA) is 20.3 Å². The molecule has 0 aromatic rings. The number of carbonyl (C=O) groups is 1. The van der Waals surface area contributed by atoms with Crippen molar-refractivity contribution < 1.29 is 13.7 Å². The molecule has 0 saturated carbocycles.